The van der Waals surface area contributed by atoms with Crippen molar-refractivity contribution >= 4 is 30.1 Å². The summed E-state index contributed by atoms with van der Waals surface area (Å²) in [6, 6.07) is 14.1. The van der Waals surface area contributed by atoms with Crippen LogP contribution in [0, 0.1) is 0 Å². The third-order valence-electron chi connectivity index (χ3n) is 3.15. The summed E-state index contributed by atoms with van der Waals surface area (Å²) in [5.41, 5.74) is 1.18. The Hall–Kier alpha value is -1.52. The molecule has 0 fully saturated rings. The van der Waals surface area contributed by atoms with Gasteiger partial charge in [-0.05, 0) is 29.9 Å². The summed E-state index contributed by atoms with van der Waals surface area (Å²) in [7, 11) is 0. The summed E-state index contributed by atoms with van der Waals surface area (Å²) in [4.78, 5) is 18.9. The van der Waals surface area contributed by atoms with Crippen LogP contribution in [0.4, 0.5) is 0 Å². The Morgan fingerprint density at radius 3 is 2.45 bits per heavy atom. The van der Waals surface area contributed by atoms with Gasteiger partial charge >= 0.3 is 0 Å². The summed E-state index contributed by atoms with van der Waals surface area (Å²) in [5, 5.41) is 0. The van der Waals surface area contributed by atoms with Crippen LogP contribution >= 0.6 is 24.2 Å². The smallest absolute Gasteiger partial charge is 0.219 e. The first kappa shape index (κ1) is 18.5. The molecule has 0 atom stereocenters. The fourth-order valence-electron chi connectivity index (χ4n) is 2.03. The first-order valence-corrected chi connectivity index (χ1v) is 8.06. The first-order valence-electron chi connectivity index (χ1n) is 7.08. The molecule has 0 aliphatic rings. The number of carbonyl (C=O) groups excluding carboxylic acids is 1. The molecule has 3 nitrogen and oxygen atoms in total. The van der Waals surface area contributed by atoms with Crippen LogP contribution in [0.1, 0.15) is 18.9 Å². The first-order chi connectivity index (χ1) is 10.3. The van der Waals surface area contributed by atoms with Gasteiger partial charge in [-0.2, -0.15) is 0 Å². The molecule has 0 aliphatic carbocycles. The van der Waals surface area contributed by atoms with E-state index in [-0.39, 0.29) is 18.3 Å². The lowest BCUT2D eigenvalue weighted by Crippen LogP contribution is -2.29. The molecule has 0 N–H and O–H groups in total. The van der Waals surface area contributed by atoms with Crippen LogP contribution in [-0.4, -0.2) is 28.1 Å². The monoisotopic (exact) mass is 336 g/mol. The maximum Gasteiger partial charge on any atom is 0.219 e. The molecule has 2 aromatic rings. The largest absolute Gasteiger partial charge is 0.339 e. The lowest BCUT2D eigenvalue weighted by Gasteiger charge is -2.21. The number of nitrogens with zero attached hydrogens (tertiary/aromatic N) is 2. The maximum atomic E-state index is 11.7. The van der Waals surface area contributed by atoms with Crippen molar-refractivity contribution in [2.24, 2.45) is 0 Å². The van der Waals surface area contributed by atoms with E-state index in [2.05, 4.69) is 17.1 Å². The minimum atomic E-state index is 0. The van der Waals surface area contributed by atoms with E-state index in [4.69, 9.17) is 0 Å². The second kappa shape index (κ2) is 10.2. The molecule has 0 saturated heterocycles. The van der Waals surface area contributed by atoms with Gasteiger partial charge in [0.2, 0.25) is 5.91 Å². The molecule has 0 unspecified atom stereocenters. The van der Waals surface area contributed by atoms with Crippen molar-refractivity contribution < 1.29 is 4.79 Å². The maximum absolute atomic E-state index is 11.7. The second-order valence-electron chi connectivity index (χ2n) is 4.81. The van der Waals surface area contributed by atoms with E-state index < -0.39 is 0 Å². The van der Waals surface area contributed by atoms with Crippen molar-refractivity contribution in [3.8, 4) is 0 Å². The summed E-state index contributed by atoms with van der Waals surface area (Å²) in [6.07, 6.45) is 4.60. The highest BCUT2D eigenvalue weighted by Gasteiger charge is 2.08. The van der Waals surface area contributed by atoms with Crippen LogP contribution in [0.3, 0.4) is 0 Å². The zero-order chi connectivity index (χ0) is 14.9. The number of halogens is 1. The van der Waals surface area contributed by atoms with Crippen LogP contribution in [-0.2, 0) is 11.3 Å². The van der Waals surface area contributed by atoms with Crippen molar-refractivity contribution in [1.29, 1.82) is 0 Å². The van der Waals surface area contributed by atoms with Crippen LogP contribution in [0.15, 0.2) is 59.8 Å². The number of carbonyl (C=O) groups is 1. The third kappa shape index (κ3) is 6.50. The normalized spacial score (nSPS) is 9.86. The van der Waals surface area contributed by atoms with E-state index in [0.717, 1.165) is 18.7 Å². The Kier molecular flexibility index (Phi) is 8.63. The van der Waals surface area contributed by atoms with Gasteiger partial charge in [0.05, 0.1) is 0 Å². The topological polar surface area (TPSA) is 33.2 Å². The van der Waals surface area contributed by atoms with E-state index in [1.165, 1.54) is 10.5 Å². The van der Waals surface area contributed by atoms with Gasteiger partial charge in [-0.1, -0.05) is 30.3 Å². The van der Waals surface area contributed by atoms with E-state index in [9.17, 15) is 4.79 Å². The molecule has 22 heavy (non-hydrogen) atoms. The van der Waals surface area contributed by atoms with Gasteiger partial charge in [0.25, 0.3) is 0 Å². The van der Waals surface area contributed by atoms with Gasteiger partial charge in [0.1, 0.15) is 0 Å². The average molecular weight is 337 g/mol. The minimum Gasteiger partial charge on any atom is -0.339 e. The van der Waals surface area contributed by atoms with Crippen LogP contribution in [0.5, 0.6) is 0 Å². The Morgan fingerprint density at radius 2 is 1.82 bits per heavy atom. The Balaban J connectivity index is 0.00000242. The predicted molar refractivity (Wildman–Crippen MR) is 94.4 cm³/mol. The minimum absolute atomic E-state index is 0. The molecule has 0 aliphatic heterocycles. The number of pyridine rings is 1. The molecule has 1 aromatic heterocycles. The summed E-state index contributed by atoms with van der Waals surface area (Å²) in [5.74, 6) is 1.13. The number of hydrogen-bond donors (Lipinski definition) is 0. The number of thioether (sulfide) groups is 1. The summed E-state index contributed by atoms with van der Waals surface area (Å²) < 4.78 is 0. The molecular weight excluding hydrogens is 316 g/mol. The third-order valence-corrected chi connectivity index (χ3v) is 4.25. The van der Waals surface area contributed by atoms with Crippen LogP contribution < -0.4 is 0 Å². The second-order valence-corrected chi connectivity index (χ2v) is 5.98. The van der Waals surface area contributed by atoms with E-state index in [0.29, 0.717) is 6.54 Å². The molecule has 0 spiro atoms. The van der Waals surface area contributed by atoms with Crippen LogP contribution in [0.2, 0.25) is 0 Å². The fraction of sp³-hybridized carbons (Fsp3) is 0.294. The van der Waals surface area contributed by atoms with E-state index in [1.54, 1.807) is 31.1 Å². The standard InChI is InChI=1S/C17H20N2OS.ClH/c1-15(20)19(14-16-6-3-2-4-7-16)12-5-13-21-17-8-10-18-11-9-17;/h2-4,6-11H,5,12-14H2,1H3;1H. The van der Waals surface area contributed by atoms with Gasteiger partial charge in [-0.25, -0.2) is 0 Å². The molecule has 1 amide bonds. The van der Waals surface area contributed by atoms with Crippen molar-refractivity contribution in [3.63, 3.8) is 0 Å². The molecule has 0 saturated carbocycles. The SMILES string of the molecule is CC(=O)N(CCCSc1ccncc1)Cc1ccccc1.Cl. The molecule has 0 bridgehead atoms. The zero-order valence-corrected chi connectivity index (χ0v) is 14.3. The number of hydrogen-bond acceptors (Lipinski definition) is 3. The molecule has 5 heteroatoms. The Bertz CT molecular complexity index is 551. The van der Waals surface area contributed by atoms with E-state index in [1.807, 2.05) is 35.2 Å². The van der Waals surface area contributed by atoms with Crippen LogP contribution in [0.25, 0.3) is 0 Å². The average Bonchev–Trinajstić information content (AvgIpc) is 2.52. The number of rotatable bonds is 7. The molecule has 1 aromatic carbocycles. The van der Waals surface area contributed by atoms with Crippen molar-refractivity contribution in [3.05, 3.63) is 60.4 Å². The lowest BCUT2D eigenvalue weighted by atomic mass is 10.2. The highest BCUT2D eigenvalue weighted by atomic mass is 35.5. The molecule has 2 rings (SSSR count). The molecule has 118 valence electrons. The highest BCUT2D eigenvalue weighted by molar-refractivity contribution is 7.99. The van der Waals surface area contributed by atoms with Gasteiger partial charge < -0.3 is 4.90 Å². The van der Waals surface area contributed by atoms with Crippen molar-refractivity contribution in [2.45, 2.75) is 24.8 Å². The number of aromatic nitrogens is 1. The summed E-state index contributed by atoms with van der Waals surface area (Å²) >= 11 is 1.80. The zero-order valence-electron chi connectivity index (χ0n) is 12.6. The van der Waals surface area contributed by atoms with Gasteiger partial charge in [-0.15, -0.1) is 24.2 Å². The van der Waals surface area contributed by atoms with Crippen molar-refractivity contribution in [2.75, 3.05) is 12.3 Å². The fourth-order valence-corrected chi connectivity index (χ4v) is 2.85. The van der Waals surface area contributed by atoms with Crippen molar-refractivity contribution in [1.82, 2.24) is 9.88 Å². The Labute approximate surface area is 142 Å². The molecular formula is C17H21ClN2OS. The summed E-state index contributed by atoms with van der Waals surface area (Å²) in [6.45, 7) is 3.12. The van der Waals surface area contributed by atoms with E-state index >= 15 is 0 Å². The number of amides is 1. The van der Waals surface area contributed by atoms with Gasteiger partial charge in [0.15, 0.2) is 0 Å². The number of benzene rings is 1. The predicted octanol–water partition coefficient (Wildman–Crippen LogP) is 4.03. The molecule has 1 heterocycles. The lowest BCUT2D eigenvalue weighted by molar-refractivity contribution is -0.129. The van der Waals surface area contributed by atoms with Gasteiger partial charge in [-0.3, -0.25) is 9.78 Å². The Morgan fingerprint density at radius 1 is 1.14 bits per heavy atom. The quantitative estimate of drug-likeness (QED) is 0.565. The van der Waals surface area contributed by atoms with Gasteiger partial charge in [0, 0.05) is 37.3 Å². The molecule has 0 radical (unpaired) electrons. The highest BCUT2D eigenvalue weighted by Crippen LogP contribution is 2.17.